The maximum atomic E-state index is 16.0. The third kappa shape index (κ3) is 5.80. The summed E-state index contributed by atoms with van der Waals surface area (Å²) in [5, 5.41) is 3.69. The maximum Gasteiger partial charge on any atom is 0.319 e. The molecule has 42 heavy (non-hydrogen) atoms. The zero-order chi connectivity index (χ0) is 30.3. The summed E-state index contributed by atoms with van der Waals surface area (Å²) < 4.78 is 28.5. The van der Waals surface area contributed by atoms with Crippen molar-refractivity contribution < 1.29 is 23.5 Å². The van der Waals surface area contributed by atoms with Crippen molar-refractivity contribution >= 4 is 51.7 Å². The van der Waals surface area contributed by atoms with Gasteiger partial charge < -0.3 is 24.3 Å². The second-order valence-electron chi connectivity index (χ2n) is 10.9. The SMILES string of the molecule is COC(=O)CN1C(C)CN(c2c(F)cc3c(=O)c(C(=O)NCc4ccc(Cl)cc4Cl)cn(C4CC4)c3c2OC)CC1C. The van der Waals surface area contributed by atoms with Gasteiger partial charge in [-0.1, -0.05) is 29.3 Å². The Morgan fingerprint density at radius 2 is 1.79 bits per heavy atom. The standard InChI is InChI=1S/C30H33Cl2FN4O5/c1-16-12-35(13-17(2)36(16)15-25(38)41-3)27-24(33)10-21-26(29(27)42-4)37(20-7-8-20)14-22(28(21)39)30(40)34-11-18-5-6-19(31)9-23(18)32/h5-6,9-10,14,16-17,20H,7-8,11-13,15H2,1-4H3,(H,34,40). The fraction of sp³-hybridized carbons (Fsp3) is 0.433. The van der Waals surface area contributed by atoms with Gasteiger partial charge in [-0.15, -0.1) is 0 Å². The van der Waals surface area contributed by atoms with Crippen molar-refractivity contribution in [1.82, 2.24) is 14.8 Å². The van der Waals surface area contributed by atoms with Crippen LogP contribution >= 0.6 is 23.2 Å². The number of ether oxygens (including phenoxy) is 2. The molecular formula is C30H33Cl2FN4O5. The van der Waals surface area contributed by atoms with Gasteiger partial charge in [0.15, 0.2) is 11.6 Å². The zero-order valence-corrected chi connectivity index (χ0v) is 25.4. The molecule has 1 aliphatic heterocycles. The normalized spacial score (nSPS) is 19.2. The van der Waals surface area contributed by atoms with E-state index >= 15 is 4.39 Å². The summed E-state index contributed by atoms with van der Waals surface area (Å²) in [5.41, 5.74) is 0.674. The first-order chi connectivity index (χ1) is 20.0. The van der Waals surface area contributed by atoms with Crippen LogP contribution < -0.4 is 20.4 Å². The number of pyridine rings is 1. The lowest BCUT2D eigenvalue weighted by molar-refractivity contribution is -0.143. The van der Waals surface area contributed by atoms with Gasteiger partial charge in [-0.2, -0.15) is 0 Å². The van der Waals surface area contributed by atoms with Crippen molar-refractivity contribution in [2.45, 2.75) is 51.4 Å². The van der Waals surface area contributed by atoms with E-state index in [9.17, 15) is 14.4 Å². The van der Waals surface area contributed by atoms with Gasteiger partial charge in [-0.25, -0.2) is 4.39 Å². The molecule has 1 amide bonds. The zero-order valence-electron chi connectivity index (χ0n) is 23.9. The minimum atomic E-state index is -0.620. The molecule has 12 heteroatoms. The minimum absolute atomic E-state index is 0.0484. The van der Waals surface area contributed by atoms with E-state index < -0.39 is 17.2 Å². The fourth-order valence-corrected chi connectivity index (χ4v) is 6.21. The van der Waals surface area contributed by atoms with E-state index in [2.05, 4.69) is 5.32 Å². The van der Waals surface area contributed by atoms with Crippen molar-refractivity contribution in [3.8, 4) is 5.75 Å². The number of aromatic nitrogens is 1. The lowest BCUT2D eigenvalue weighted by Crippen LogP contribution is -2.58. The van der Waals surface area contributed by atoms with Gasteiger partial charge in [0.25, 0.3) is 5.91 Å². The van der Waals surface area contributed by atoms with E-state index in [1.165, 1.54) is 20.3 Å². The highest BCUT2D eigenvalue weighted by molar-refractivity contribution is 6.35. The van der Waals surface area contributed by atoms with Gasteiger partial charge in [-0.05, 0) is 50.5 Å². The molecule has 2 heterocycles. The highest BCUT2D eigenvalue weighted by atomic mass is 35.5. The summed E-state index contributed by atoms with van der Waals surface area (Å²) >= 11 is 12.2. The molecule has 224 valence electrons. The third-order valence-corrected chi connectivity index (χ3v) is 8.59. The monoisotopic (exact) mass is 618 g/mol. The number of hydrogen-bond donors (Lipinski definition) is 1. The van der Waals surface area contributed by atoms with Gasteiger partial charge in [0.1, 0.15) is 11.3 Å². The Morgan fingerprint density at radius 1 is 1.10 bits per heavy atom. The summed E-state index contributed by atoms with van der Waals surface area (Å²) in [6.45, 7) is 5.03. The van der Waals surface area contributed by atoms with Crippen LogP contribution in [-0.2, 0) is 16.1 Å². The average Bonchev–Trinajstić information content (AvgIpc) is 3.79. The highest BCUT2D eigenvalue weighted by Crippen LogP contribution is 2.44. The Balaban J connectivity index is 1.53. The van der Waals surface area contributed by atoms with Gasteiger partial charge in [0.05, 0.1) is 31.7 Å². The molecule has 9 nitrogen and oxygen atoms in total. The largest absolute Gasteiger partial charge is 0.492 e. The van der Waals surface area contributed by atoms with Crippen LogP contribution in [0.3, 0.4) is 0 Å². The van der Waals surface area contributed by atoms with Gasteiger partial charge >= 0.3 is 5.97 Å². The number of fused-ring (bicyclic) bond motifs is 1. The van der Waals surface area contributed by atoms with Crippen molar-refractivity contribution in [3.63, 3.8) is 0 Å². The third-order valence-electron chi connectivity index (χ3n) is 8.00. The van der Waals surface area contributed by atoms with Crippen molar-refractivity contribution in [2.75, 3.05) is 38.8 Å². The van der Waals surface area contributed by atoms with Crippen molar-refractivity contribution in [1.29, 1.82) is 0 Å². The van der Waals surface area contributed by atoms with Gasteiger partial charge in [-0.3, -0.25) is 19.3 Å². The topological polar surface area (TPSA) is 93.1 Å². The summed E-state index contributed by atoms with van der Waals surface area (Å²) in [5.74, 6) is -1.30. The molecular weight excluding hydrogens is 586 g/mol. The number of piperazine rings is 1. The van der Waals surface area contributed by atoms with E-state index in [4.69, 9.17) is 32.7 Å². The number of anilines is 1. The Hall–Kier alpha value is -3.34. The molecule has 0 spiro atoms. The Labute approximate surface area is 253 Å². The lowest BCUT2D eigenvalue weighted by atomic mass is 10.0. The molecule has 3 aromatic rings. The number of nitrogens with one attached hydrogen (secondary N) is 1. The number of rotatable bonds is 8. The van der Waals surface area contributed by atoms with Crippen LogP contribution in [0.4, 0.5) is 10.1 Å². The molecule has 2 aromatic carbocycles. The van der Waals surface area contributed by atoms with E-state index in [0.29, 0.717) is 34.2 Å². The molecule has 1 N–H and O–H groups in total. The smallest absolute Gasteiger partial charge is 0.319 e. The Morgan fingerprint density at radius 3 is 2.38 bits per heavy atom. The highest BCUT2D eigenvalue weighted by Gasteiger charge is 2.36. The molecule has 1 saturated heterocycles. The molecule has 1 saturated carbocycles. The number of nitrogens with zero attached hydrogens (tertiary/aromatic N) is 3. The second-order valence-corrected chi connectivity index (χ2v) is 11.8. The summed E-state index contributed by atoms with van der Waals surface area (Å²) in [7, 11) is 2.81. The van der Waals surface area contributed by atoms with Gasteiger partial charge in [0, 0.05) is 54.0 Å². The number of benzene rings is 2. The van der Waals surface area contributed by atoms with Crippen LogP contribution in [0.15, 0.2) is 35.3 Å². The maximum absolute atomic E-state index is 16.0. The van der Waals surface area contributed by atoms with Crippen LogP contribution in [0.25, 0.3) is 10.9 Å². The minimum Gasteiger partial charge on any atom is -0.492 e. The van der Waals surface area contributed by atoms with Crippen LogP contribution in [0.5, 0.6) is 5.75 Å². The van der Waals surface area contributed by atoms with E-state index in [0.717, 1.165) is 12.8 Å². The summed E-state index contributed by atoms with van der Waals surface area (Å²) in [6.07, 6.45) is 3.26. The van der Waals surface area contributed by atoms with Gasteiger partial charge in [0.2, 0.25) is 5.43 Å². The second kappa shape index (κ2) is 12.1. The first-order valence-electron chi connectivity index (χ1n) is 13.8. The molecule has 0 radical (unpaired) electrons. The predicted octanol–water partition coefficient (Wildman–Crippen LogP) is 4.79. The van der Waals surface area contributed by atoms with Crippen molar-refractivity contribution in [3.05, 3.63) is 67.7 Å². The first kappa shape index (κ1) is 30.1. The molecule has 1 aliphatic carbocycles. The fourth-order valence-electron chi connectivity index (χ4n) is 5.73. The predicted molar refractivity (Wildman–Crippen MR) is 160 cm³/mol. The van der Waals surface area contributed by atoms with E-state index in [1.807, 2.05) is 28.2 Å². The molecule has 1 aromatic heterocycles. The number of amides is 1. The van der Waals surface area contributed by atoms with Crippen LogP contribution in [0.1, 0.15) is 48.7 Å². The number of esters is 1. The average molecular weight is 620 g/mol. The van der Waals surface area contributed by atoms with Crippen LogP contribution in [0.2, 0.25) is 10.0 Å². The number of methoxy groups -OCH3 is 2. The molecule has 2 atom stereocenters. The number of carbonyl (C=O) groups is 2. The van der Waals surface area contributed by atoms with Crippen molar-refractivity contribution in [2.24, 2.45) is 0 Å². The molecule has 2 unspecified atom stereocenters. The number of halogens is 3. The molecule has 2 fully saturated rings. The van der Waals surface area contributed by atoms with Crippen LogP contribution in [-0.4, -0.2) is 67.3 Å². The number of carbonyl (C=O) groups excluding carboxylic acids is 2. The van der Waals surface area contributed by atoms with E-state index in [1.54, 1.807) is 24.4 Å². The summed E-state index contributed by atoms with van der Waals surface area (Å²) in [6, 6.07) is 6.03. The quantitative estimate of drug-likeness (QED) is 0.363. The lowest BCUT2D eigenvalue weighted by Gasteiger charge is -2.45. The molecule has 5 rings (SSSR count). The Kier molecular flexibility index (Phi) is 8.68. The Bertz CT molecular complexity index is 1600. The van der Waals surface area contributed by atoms with Crippen LogP contribution in [0, 0.1) is 5.82 Å². The number of hydrogen-bond acceptors (Lipinski definition) is 7. The first-order valence-corrected chi connectivity index (χ1v) is 14.5. The summed E-state index contributed by atoms with van der Waals surface area (Å²) in [4.78, 5) is 42.8. The molecule has 0 bridgehead atoms. The van der Waals surface area contributed by atoms with E-state index in [-0.39, 0.29) is 59.6 Å². The molecule has 2 aliphatic rings.